The Morgan fingerprint density at radius 1 is 0.828 bits per heavy atom. The zero-order chi connectivity index (χ0) is 20.4. The standard InChI is InChI=1S/C24H22N2O3/c1-28-19-14-13-17(15-20(19)29-2)23-22(25)21(16-9-5-3-6-10-16)24(27)26(23)18-11-7-4-8-12-18/h3-15,23H,25H2,1-2H3. The number of amides is 1. The zero-order valence-corrected chi connectivity index (χ0v) is 16.3. The number of carbonyl (C=O) groups excluding carboxylic acids is 1. The molecule has 29 heavy (non-hydrogen) atoms. The predicted molar refractivity (Wildman–Crippen MR) is 114 cm³/mol. The minimum Gasteiger partial charge on any atom is -0.493 e. The highest BCUT2D eigenvalue weighted by atomic mass is 16.5. The van der Waals surface area contributed by atoms with Crippen LogP contribution in [0.2, 0.25) is 0 Å². The maximum absolute atomic E-state index is 13.5. The number of ether oxygens (including phenoxy) is 2. The van der Waals surface area contributed by atoms with E-state index in [-0.39, 0.29) is 5.91 Å². The maximum Gasteiger partial charge on any atom is 0.261 e. The molecule has 1 atom stereocenters. The number of benzene rings is 3. The Morgan fingerprint density at radius 2 is 1.45 bits per heavy atom. The first-order valence-corrected chi connectivity index (χ1v) is 9.31. The van der Waals surface area contributed by atoms with Crippen LogP contribution in [0.25, 0.3) is 5.57 Å². The van der Waals surface area contributed by atoms with Gasteiger partial charge in [0.2, 0.25) is 0 Å². The summed E-state index contributed by atoms with van der Waals surface area (Å²) in [7, 11) is 3.18. The minimum absolute atomic E-state index is 0.125. The molecule has 0 saturated carbocycles. The Labute approximate surface area is 170 Å². The summed E-state index contributed by atoms with van der Waals surface area (Å²) in [4.78, 5) is 15.2. The van der Waals surface area contributed by atoms with Gasteiger partial charge in [-0.05, 0) is 35.4 Å². The molecule has 1 unspecified atom stereocenters. The van der Waals surface area contributed by atoms with E-state index in [0.29, 0.717) is 22.8 Å². The minimum atomic E-state index is -0.445. The quantitative estimate of drug-likeness (QED) is 0.715. The molecule has 4 rings (SSSR count). The van der Waals surface area contributed by atoms with Crippen LogP contribution in [0.15, 0.2) is 84.6 Å². The smallest absolute Gasteiger partial charge is 0.261 e. The highest BCUT2D eigenvalue weighted by molar-refractivity contribution is 6.30. The third-order valence-corrected chi connectivity index (χ3v) is 5.09. The molecule has 0 bridgehead atoms. The summed E-state index contributed by atoms with van der Waals surface area (Å²) >= 11 is 0. The molecule has 1 heterocycles. The van der Waals surface area contributed by atoms with Gasteiger partial charge >= 0.3 is 0 Å². The Kier molecular flexibility index (Phi) is 4.96. The van der Waals surface area contributed by atoms with Gasteiger partial charge in [0.25, 0.3) is 5.91 Å². The van der Waals surface area contributed by atoms with Crippen molar-refractivity contribution in [3.05, 3.63) is 95.7 Å². The van der Waals surface area contributed by atoms with Gasteiger partial charge in [-0.25, -0.2) is 0 Å². The van der Waals surface area contributed by atoms with Crippen LogP contribution in [0.4, 0.5) is 5.69 Å². The molecular formula is C24H22N2O3. The molecule has 3 aromatic carbocycles. The number of methoxy groups -OCH3 is 2. The highest BCUT2D eigenvalue weighted by Gasteiger charge is 2.40. The van der Waals surface area contributed by atoms with E-state index in [1.165, 1.54) is 0 Å². The van der Waals surface area contributed by atoms with E-state index in [4.69, 9.17) is 15.2 Å². The van der Waals surface area contributed by atoms with E-state index in [0.717, 1.165) is 16.8 Å². The number of para-hydroxylation sites is 1. The largest absolute Gasteiger partial charge is 0.493 e. The Morgan fingerprint density at radius 3 is 2.07 bits per heavy atom. The number of rotatable bonds is 5. The van der Waals surface area contributed by atoms with E-state index >= 15 is 0 Å². The Hall–Kier alpha value is -3.73. The molecule has 0 spiro atoms. The first-order valence-electron chi connectivity index (χ1n) is 9.31. The molecule has 0 aromatic heterocycles. The Bertz CT molecular complexity index is 1060. The van der Waals surface area contributed by atoms with Crippen LogP contribution in [0.5, 0.6) is 11.5 Å². The van der Waals surface area contributed by atoms with Crippen LogP contribution in [0.1, 0.15) is 17.2 Å². The summed E-state index contributed by atoms with van der Waals surface area (Å²) in [5.41, 5.74) is 10.1. The van der Waals surface area contributed by atoms with Crippen molar-refractivity contribution in [2.75, 3.05) is 19.1 Å². The fourth-order valence-electron chi connectivity index (χ4n) is 3.74. The van der Waals surface area contributed by atoms with Crippen molar-refractivity contribution in [2.45, 2.75) is 6.04 Å². The summed E-state index contributed by atoms with van der Waals surface area (Å²) in [6.07, 6.45) is 0. The van der Waals surface area contributed by atoms with Crippen molar-refractivity contribution in [1.29, 1.82) is 0 Å². The second-order valence-corrected chi connectivity index (χ2v) is 6.72. The molecule has 1 aliphatic heterocycles. The van der Waals surface area contributed by atoms with Crippen LogP contribution < -0.4 is 20.1 Å². The second kappa shape index (κ2) is 7.72. The van der Waals surface area contributed by atoms with Gasteiger partial charge in [0.15, 0.2) is 11.5 Å². The molecule has 0 saturated heterocycles. The number of anilines is 1. The van der Waals surface area contributed by atoms with Gasteiger partial charge in [0.05, 0.1) is 19.8 Å². The van der Waals surface area contributed by atoms with Crippen LogP contribution in [-0.2, 0) is 4.79 Å². The van der Waals surface area contributed by atoms with Gasteiger partial charge in [-0.2, -0.15) is 0 Å². The summed E-state index contributed by atoms with van der Waals surface area (Å²) < 4.78 is 10.8. The average Bonchev–Trinajstić information content (AvgIpc) is 3.04. The molecule has 1 aliphatic rings. The third-order valence-electron chi connectivity index (χ3n) is 5.09. The van der Waals surface area contributed by atoms with Gasteiger partial charge < -0.3 is 15.2 Å². The van der Waals surface area contributed by atoms with Crippen molar-refractivity contribution in [3.63, 3.8) is 0 Å². The summed E-state index contributed by atoms with van der Waals surface area (Å²) in [5, 5.41) is 0. The lowest BCUT2D eigenvalue weighted by Gasteiger charge is -2.27. The van der Waals surface area contributed by atoms with Crippen LogP contribution >= 0.6 is 0 Å². The molecule has 5 nitrogen and oxygen atoms in total. The number of hydrogen-bond donors (Lipinski definition) is 1. The average molecular weight is 386 g/mol. The van der Waals surface area contributed by atoms with Crippen molar-refractivity contribution < 1.29 is 14.3 Å². The molecule has 0 aliphatic carbocycles. The van der Waals surface area contributed by atoms with Gasteiger partial charge in [-0.15, -0.1) is 0 Å². The number of nitrogens with two attached hydrogens (primary N) is 1. The molecule has 3 aromatic rings. The highest BCUT2D eigenvalue weighted by Crippen LogP contribution is 2.43. The maximum atomic E-state index is 13.5. The van der Waals surface area contributed by atoms with Crippen LogP contribution in [0, 0.1) is 0 Å². The molecule has 0 fully saturated rings. The van der Waals surface area contributed by atoms with Gasteiger partial charge in [0, 0.05) is 11.4 Å². The van der Waals surface area contributed by atoms with Gasteiger partial charge in [-0.1, -0.05) is 54.6 Å². The van der Waals surface area contributed by atoms with Crippen LogP contribution in [0.3, 0.4) is 0 Å². The van der Waals surface area contributed by atoms with E-state index < -0.39 is 6.04 Å². The molecule has 2 N–H and O–H groups in total. The fourth-order valence-corrected chi connectivity index (χ4v) is 3.74. The first kappa shape index (κ1) is 18.6. The lowest BCUT2D eigenvalue weighted by Crippen LogP contribution is -2.30. The monoisotopic (exact) mass is 386 g/mol. The van der Waals surface area contributed by atoms with E-state index in [1.807, 2.05) is 78.9 Å². The summed E-state index contributed by atoms with van der Waals surface area (Å²) in [6.45, 7) is 0. The second-order valence-electron chi connectivity index (χ2n) is 6.72. The zero-order valence-electron chi connectivity index (χ0n) is 16.3. The number of nitrogens with zero attached hydrogens (tertiary/aromatic N) is 1. The lowest BCUT2D eigenvalue weighted by molar-refractivity contribution is -0.113. The van der Waals surface area contributed by atoms with Crippen molar-refractivity contribution in [2.24, 2.45) is 5.73 Å². The summed E-state index contributed by atoms with van der Waals surface area (Å²) in [5.74, 6) is 1.09. The van der Waals surface area contributed by atoms with Crippen molar-refractivity contribution in [3.8, 4) is 11.5 Å². The molecular weight excluding hydrogens is 364 g/mol. The van der Waals surface area contributed by atoms with Crippen molar-refractivity contribution >= 4 is 17.2 Å². The van der Waals surface area contributed by atoms with Crippen molar-refractivity contribution in [1.82, 2.24) is 0 Å². The molecule has 1 amide bonds. The third kappa shape index (κ3) is 3.21. The first-order chi connectivity index (χ1) is 14.2. The molecule has 146 valence electrons. The van der Waals surface area contributed by atoms with Gasteiger partial charge in [0.1, 0.15) is 6.04 Å². The lowest BCUT2D eigenvalue weighted by atomic mass is 9.99. The van der Waals surface area contributed by atoms with E-state index in [2.05, 4.69) is 0 Å². The molecule has 5 heteroatoms. The summed E-state index contributed by atoms with van der Waals surface area (Å²) in [6, 6.07) is 24.2. The van der Waals surface area contributed by atoms with E-state index in [1.54, 1.807) is 19.1 Å². The fraction of sp³-hybridized carbons (Fsp3) is 0.125. The van der Waals surface area contributed by atoms with Crippen LogP contribution in [-0.4, -0.2) is 20.1 Å². The normalized spacial score (nSPS) is 16.3. The Balaban J connectivity index is 1.90. The topological polar surface area (TPSA) is 64.8 Å². The van der Waals surface area contributed by atoms with Gasteiger partial charge in [-0.3, -0.25) is 9.69 Å². The van der Waals surface area contributed by atoms with E-state index in [9.17, 15) is 4.79 Å². The molecule has 0 radical (unpaired) electrons. The number of carbonyl (C=O) groups is 1. The SMILES string of the molecule is COc1ccc(C2C(N)=C(c3ccccc3)C(=O)N2c2ccccc2)cc1OC. The predicted octanol–water partition coefficient (Wildman–Crippen LogP) is 4.16. The number of hydrogen-bond acceptors (Lipinski definition) is 4.